The van der Waals surface area contributed by atoms with Gasteiger partial charge in [0.25, 0.3) is 0 Å². The van der Waals surface area contributed by atoms with Gasteiger partial charge in [0.05, 0.1) is 5.69 Å². The van der Waals surface area contributed by atoms with Crippen molar-refractivity contribution in [3.8, 4) is 5.69 Å². The Hall–Kier alpha value is -2.75. The zero-order chi connectivity index (χ0) is 24.6. The van der Waals surface area contributed by atoms with Gasteiger partial charge in [-0.05, 0) is 81.8 Å². The van der Waals surface area contributed by atoms with Gasteiger partial charge in [-0.2, -0.15) is 4.98 Å². The molecule has 3 saturated carbocycles. The van der Waals surface area contributed by atoms with E-state index in [0.717, 1.165) is 37.7 Å². The molecule has 1 aromatic heterocycles. The maximum absolute atomic E-state index is 12.6. The van der Waals surface area contributed by atoms with Gasteiger partial charge in [0, 0.05) is 44.0 Å². The number of piperazine rings is 1. The highest BCUT2D eigenvalue weighted by Crippen LogP contribution is 2.58. The van der Waals surface area contributed by atoms with Crippen molar-refractivity contribution in [2.75, 3.05) is 45.1 Å². The maximum atomic E-state index is 12.6. The van der Waals surface area contributed by atoms with Gasteiger partial charge in [-0.1, -0.05) is 12.1 Å². The number of anilines is 1. The van der Waals surface area contributed by atoms with Crippen LogP contribution >= 0.6 is 0 Å². The molecule has 2 atom stereocenters. The molecular weight excluding hydrogens is 442 g/mol. The lowest BCUT2D eigenvalue weighted by Gasteiger charge is -2.48. The van der Waals surface area contributed by atoms with E-state index in [2.05, 4.69) is 46.6 Å². The molecule has 0 radical (unpaired) electrons. The van der Waals surface area contributed by atoms with Crippen molar-refractivity contribution < 1.29 is 4.79 Å². The van der Waals surface area contributed by atoms with Gasteiger partial charge in [0.15, 0.2) is 0 Å². The summed E-state index contributed by atoms with van der Waals surface area (Å²) in [7, 11) is 2.27. The molecule has 9 heteroatoms. The van der Waals surface area contributed by atoms with Crippen molar-refractivity contribution in [1.29, 1.82) is 0 Å². The average molecular weight is 480 g/mol. The zero-order valence-corrected chi connectivity index (χ0v) is 20.7. The Labute approximate surface area is 206 Å². The summed E-state index contributed by atoms with van der Waals surface area (Å²) in [5.74, 6) is 1.78. The minimum atomic E-state index is -0.418. The smallest absolute Gasteiger partial charge is 0.330 e. The van der Waals surface area contributed by atoms with Crippen LogP contribution in [-0.2, 0) is 6.42 Å². The molecule has 2 unspecified atom stereocenters. The molecule has 1 saturated heterocycles. The van der Waals surface area contributed by atoms with Crippen LogP contribution in [0.5, 0.6) is 0 Å². The number of carbonyl (C=O) groups is 1. The number of carbonyl (C=O) groups excluding carboxylic acids is 1. The largest absolute Gasteiger partial charge is 0.354 e. The monoisotopic (exact) mass is 479 g/mol. The summed E-state index contributed by atoms with van der Waals surface area (Å²) in [5.41, 5.74) is 7.90. The SMILES string of the molecule is CC(Cc1ccc(-n2ccc(NC(=O)N3CCNCC3)nc2=O)cc1)N(C)C12CC(CN)C(C1)C2. The van der Waals surface area contributed by atoms with Crippen molar-refractivity contribution in [2.45, 2.75) is 44.2 Å². The summed E-state index contributed by atoms with van der Waals surface area (Å²) in [6, 6.07) is 9.96. The summed E-state index contributed by atoms with van der Waals surface area (Å²) in [4.78, 5) is 33.4. The number of benzene rings is 1. The average Bonchev–Trinajstić information content (AvgIpc) is 3.41. The number of amides is 2. The highest BCUT2D eigenvalue weighted by molar-refractivity contribution is 5.88. The molecule has 3 aliphatic carbocycles. The van der Waals surface area contributed by atoms with E-state index < -0.39 is 5.69 Å². The summed E-state index contributed by atoms with van der Waals surface area (Å²) in [6.07, 6.45) is 6.43. The number of likely N-dealkylation sites (N-methyl/N-ethyl adjacent to an activating group) is 1. The van der Waals surface area contributed by atoms with Crippen LogP contribution in [-0.4, -0.2) is 76.7 Å². The van der Waals surface area contributed by atoms with Crippen LogP contribution in [0.2, 0.25) is 0 Å². The molecule has 0 spiro atoms. The van der Waals surface area contributed by atoms with E-state index in [9.17, 15) is 9.59 Å². The van der Waals surface area contributed by atoms with E-state index in [1.165, 1.54) is 29.4 Å². The summed E-state index contributed by atoms with van der Waals surface area (Å²) in [5, 5.41) is 5.94. The molecule has 4 aliphatic rings. The minimum absolute atomic E-state index is 0.229. The van der Waals surface area contributed by atoms with Gasteiger partial charge in [-0.25, -0.2) is 9.59 Å². The van der Waals surface area contributed by atoms with E-state index in [1.807, 2.05) is 12.1 Å². The fourth-order valence-electron chi connectivity index (χ4n) is 6.24. The number of hydrogen-bond acceptors (Lipinski definition) is 6. The van der Waals surface area contributed by atoms with Crippen LogP contribution in [0.25, 0.3) is 5.69 Å². The number of aromatic nitrogens is 2. The molecule has 2 bridgehead atoms. The second-order valence-electron chi connectivity index (χ2n) is 10.6. The lowest BCUT2D eigenvalue weighted by molar-refractivity contribution is 0.0191. The molecule has 4 fully saturated rings. The van der Waals surface area contributed by atoms with Crippen LogP contribution in [0.1, 0.15) is 31.7 Å². The molecule has 2 aromatic rings. The quantitative estimate of drug-likeness (QED) is 0.557. The van der Waals surface area contributed by atoms with Crippen LogP contribution in [0.4, 0.5) is 10.6 Å². The molecular formula is C26H37N7O2. The van der Waals surface area contributed by atoms with E-state index >= 15 is 0 Å². The van der Waals surface area contributed by atoms with Gasteiger partial charge < -0.3 is 16.0 Å². The van der Waals surface area contributed by atoms with Crippen molar-refractivity contribution in [3.05, 3.63) is 52.6 Å². The third kappa shape index (κ3) is 4.72. The number of nitrogens with two attached hydrogens (primary N) is 1. The van der Waals surface area contributed by atoms with Crippen LogP contribution in [0.3, 0.4) is 0 Å². The highest BCUT2D eigenvalue weighted by Gasteiger charge is 2.57. The summed E-state index contributed by atoms with van der Waals surface area (Å²) >= 11 is 0. The second-order valence-corrected chi connectivity index (χ2v) is 10.6. The number of urea groups is 1. The van der Waals surface area contributed by atoms with E-state index in [4.69, 9.17) is 5.73 Å². The van der Waals surface area contributed by atoms with Gasteiger partial charge in [0.2, 0.25) is 0 Å². The molecule has 1 aromatic carbocycles. The Morgan fingerprint density at radius 1 is 1.23 bits per heavy atom. The second kappa shape index (κ2) is 9.72. The Kier molecular flexibility index (Phi) is 6.65. The summed E-state index contributed by atoms with van der Waals surface area (Å²) in [6.45, 7) is 5.92. The Balaban J connectivity index is 1.20. The number of nitrogens with one attached hydrogen (secondary N) is 2. The molecule has 2 heterocycles. The zero-order valence-electron chi connectivity index (χ0n) is 20.7. The molecule has 2 amide bonds. The van der Waals surface area contributed by atoms with Gasteiger partial charge in [-0.15, -0.1) is 0 Å². The minimum Gasteiger partial charge on any atom is -0.330 e. The molecule has 6 rings (SSSR count). The molecule has 1 aliphatic heterocycles. The lowest BCUT2D eigenvalue weighted by Crippen LogP contribution is -2.54. The van der Waals surface area contributed by atoms with Gasteiger partial charge >= 0.3 is 11.7 Å². The first-order chi connectivity index (χ1) is 16.9. The predicted octanol–water partition coefficient (Wildman–Crippen LogP) is 1.66. The first-order valence-electron chi connectivity index (χ1n) is 12.8. The molecule has 188 valence electrons. The Bertz CT molecular complexity index is 1100. The Morgan fingerprint density at radius 3 is 2.57 bits per heavy atom. The predicted molar refractivity (Wildman–Crippen MR) is 137 cm³/mol. The molecule has 4 N–H and O–H groups in total. The van der Waals surface area contributed by atoms with E-state index in [-0.39, 0.29) is 11.8 Å². The first-order valence-corrected chi connectivity index (χ1v) is 12.8. The van der Waals surface area contributed by atoms with Crippen LogP contribution in [0.15, 0.2) is 41.3 Å². The Morgan fingerprint density at radius 2 is 1.94 bits per heavy atom. The van der Waals surface area contributed by atoms with E-state index in [0.29, 0.717) is 30.6 Å². The highest BCUT2D eigenvalue weighted by atomic mass is 16.2. The number of hydrogen-bond donors (Lipinski definition) is 3. The van der Waals surface area contributed by atoms with Gasteiger partial charge in [-0.3, -0.25) is 14.8 Å². The summed E-state index contributed by atoms with van der Waals surface area (Å²) < 4.78 is 1.50. The van der Waals surface area contributed by atoms with Crippen LogP contribution < -0.4 is 22.1 Å². The van der Waals surface area contributed by atoms with Crippen molar-refractivity contribution in [2.24, 2.45) is 17.6 Å². The fraction of sp³-hybridized carbons (Fsp3) is 0.577. The number of fused-ring (bicyclic) bond motifs is 1. The maximum Gasteiger partial charge on any atom is 0.354 e. The number of nitrogens with zero attached hydrogens (tertiary/aromatic N) is 4. The topological polar surface area (TPSA) is 109 Å². The third-order valence-corrected chi connectivity index (χ3v) is 8.49. The lowest BCUT2D eigenvalue weighted by atomic mass is 9.74. The molecule has 9 nitrogen and oxygen atoms in total. The van der Waals surface area contributed by atoms with E-state index in [1.54, 1.807) is 17.2 Å². The standard InChI is InChI=1S/C26H37N7O2/c1-18(31(2)26-14-20(15-26)21(16-26)17-27)13-19-3-5-22(6-4-19)33-10-7-23(30-25(33)35)29-24(34)32-11-8-28-9-12-32/h3-7,10,18,20-21,28H,8-9,11-17,27H2,1-2H3,(H,29,30,34,35). The van der Waals surface area contributed by atoms with Crippen molar-refractivity contribution >= 4 is 11.8 Å². The number of rotatable bonds is 7. The third-order valence-electron chi connectivity index (χ3n) is 8.49. The van der Waals surface area contributed by atoms with Crippen molar-refractivity contribution in [3.63, 3.8) is 0 Å². The van der Waals surface area contributed by atoms with Crippen molar-refractivity contribution in [1.82, 2.24) is 24.7 Å². The first kappa shape index (κ1) is 24.0. The fourth-order valence-corrected chi connectivity index (χ4v) is 6.24. The normalized spacial score (nSPS) is 26.5. The molecule has 35 heavy (non-hydrogen) atoms. The van der Waals surface area contributed by atoms with Gasteiger partial charge in [0.1, 0.15) is 5.82 Å². The van der Waals surface area contributed by atoms with Crippen LogP contribution in [0, 0.1) is 11.8 Å².